The normalized spacial score (nSPS) is 25.5. The van der Waals surface area contributed by atoms with Gasteiger partial charge in [0.25, 0.3) is 0 Å². The first kappa shape index (κ1) is 25.6. The molecular weight excluding hydrogens is 428 g/mol. The Labute approximate surface area is 195 Å². The van der Waals surface area contributed by atoms with Crippen LogP contribution in [0, 0.1) is 5.92 Å². The number of nitrogens with zero attached hydrogens (tertiary/aromatic N) is 1. The second-order valence-corrected chi connectivity index (χ2v) is 9.64. The van der Waals surface area contributed by atoms with Gasteiger partial charge in [0.2, 0.25) is 17.7 Å². The topological polar surface area (TPSA) is 129 Å². The molecule has 2 aliphatic heterocycles. The van der Waals surface area contributed by atoms with Crippen molar-refractivity contribution in [1.82, 2.24) is 20.9 Å². The molecule has 0 spiro atoms. The van der Waals surface area contributed by atoms with Gasteiger partial charge in [-0.2, -0.15) is 0 Å². The van der Waals surface area contributed by atoms with Gasteiger partial charge in [-0.15, -0.1) is 0 Å². The molecule has 3 N–H and O–H groups in total. The van der Waals surface area contributed by atoms with Crippen molar-refractivity contribution < 1.29 is 28.7 Å². The molecule has 3 rings (SSSR count). The molecule has 3 aliphatic rings. The van der Waals surface area contributed by atoms with E-state index in [0.717, 1.165) is 25.7 Å². The number of carbonyl (C=O) groups is 4. The molecule has 3 fully saturated rings. The Morgan fingerprint density at radius 1 is 1.03 bits per heavy atom. The maximum atomic E-state index is 12.9. The summed E-state index contributed by atoms with van der Waals surface area (Å²) in [4.78, 5) is 51.9. The van der Waals surface area contributed by atoms with E-state index in [-0.39, 0.29) is 24.8 Å². The maximum absolute atomic E-state index is 12.9. The van der Waals surface area contributed by atoms with Crippen LogP contribution in [0.2, 0.25) is 0 Å². The second kappa shape index (κ2) is 11.9. The van der Waals surface area contributed by atoms with E-state index in [4.69, 9.17) is 9.47 Å². The van der Waals surface area contributed by atoms with Crippen molar-refractivity contribution in [2.45, 2.75) is 70.1 Å². The van der Waals surface area contributed by atoms with Crippen LogP contribution >= 0.6 is 0 Å². The highest BCUT2D eigenvalue weighted by Crippen LogP contribution is 2.32. The molecule has 2 saturated heterocycles. The van der Waals surface area contributed by atoms with Crippen LogP contribution in [-0.2, 0) is 28.7 Å². The fraction of sp³-hybridized carbons (Fsp3) is 0.826. The molecule has 0 aromatic carbocycles. The molecule has 0 unspecified atom stereocenters. The van der Waals surface area contributed by atoms with Crippen molar-refractivity contribution in [2.75, 3.05) is 46.0 Å². The number of rotatable bonds is 11. The first-order valence-electron chi connectivity index (χ1n) is 12.1. The number of hydrogen-bond donors (Lipinski definition) is 3. The van der Waals surface area contributed by atoms with Crippen molar-refractivity contribution in [1.29, 1.82) is 0 Å². The smallest absolute Gasteiger partial charge is 0.242 e. The standard InChI is InChI=1S/C23H38N4O6/c1-16(25-20(29)14-27-8-10-32-11-9-27)22(31)24-13-19(28)26-18(21(30)23(2)15-33-23)12-17-6-4-3-5-7-17/h16-18H,3-15H2,1-2H3,(H,24,31)(H,25,29)(H,26,28)/t16-,18-,23+/m0/s1. The molecule has 0 bridgehead atoms. The predicted molar refractivity (Wildman–Crippen MR) is 120 cm³/mol. The molecule has 186 valence electrons. The van der Waals surface area contributed by atoms with Gasteiger partial charge < -0.3 is 25.4 Å². The SMILES string of the molecule is C[C@H](NC(=O)CN1CCOCC1)C(=O)NCC(=O)N[C@@H](CC1CCCCC1)C(=O)[C@@]1(C)CO1. The Bertz CT molecular complexity index is 714. The third kappa shape index (κ3) is 8.04. The zero-order chi connectivity index (χ0) is 23.8. The average Bonchev–Trinajstić information content (AvgIpc) is 3.56. The second-order valence-electron chi connectivity index (χ2n) is 9.64. The molecule has 33 heavy (non-hydrogen) atoms. The largest absolute Gasteiger partial charge is 0.379 e. The van der Waals surface area contributed by atoms with Crippen molar-refractivity contribution >= 4 is 23.5 Å². The highest BCUT2D eigenvalue weighted by molar-refractivity contribution is 5.97. The molecule has 2 heterocycles. The molecule has 10 nitrogen and oxygen atoms in total. The molecular formula is C23H38N4O6. The van der Waals surface area contributed by atoms with E-state index in [9.17, 15) is 19.2 Å². The molecule has 10 heteroatoms. The summed E-state index contributed by atoms with van der Waals surface area (Å²) in [5.74, 6) is -0.815. The summed E-state index contributed by atoms with van der Waals surface area (Å²) in [6, 6.07) is -1.39. The van der Waals surface area contributed by atoms with Crippen LogP contribution in [0.5, 0.6) is 0 Å². The zero-order valence-corrected chi connectivity index (χ0v) is 19.8. The fourth-order valence-corrected chi connectivity index (χ4v) is 4.49. The number of nitrogens with one attached hydrogen (secondary N) is 3. The van der Waals surface area contributed by atoms with Gasteiger partial charge in [-0.05, 0) is 26.2 Å². The number of ether oxygens (including phenoxy) is 2. The molecule has 3 amide bonds. The number of morpholine rings is 1. The van der Waals surface area contributed by atoms with Gasteiger partial charge in [0, 0.05) is 13.1 Å². The van der Waals surface area contributed by atoms with Crippen LogP contribution in [0.3, 0.4) is 0 Å². The summed E-state index contributed by atoms with van der Waals surface area (Å²) in [5.41, 5.74) is -0.810. The summed E-state index contributed by atoms with van der Waals surface area (Å²) in [7, 11) is 0. The molecule has 3 atom stereocenters. The summed E-state index contributed by atoms with van der Waals surface area (Å²) < 4.78 is 10.6. The van der Waals surface area contributed by atoms with Gasteiger partial charge in [-0.1, -0.05) is 32.1 Å². The van der Waals surface area contributed by atoms with Crippen LogP contribution in [0.1, 0.15) is 52.4 Å². The highest BCUT2D eigenvalue weighted by atomic mass is 16.6. The molecule has 1 saturated carbocycles. The molecule has 0 aromatic rings. The van der Waals surface area contributed by atoms with Gasteiger partial charge in [-0.3, -0.25) is 24.1 Å². The van der Waals surface area contributed by atoms with Gasteiger partial charge in [0.15, 0.2) is 5.78 Å². The van der Waals surface area contributed by atoms with E-state index >= 15 is 0 Å². The Morgan fingerprint density at radius 2 is 1.70 bits per heavy atom. The Morgan fingerprint density at radius 3 is 2.33 bits per heavy atom. The lowest BCUT2D eigenvalue weighted by Gasteiger charge is -2.27. The van der Waals surface area contributed by atoms with Crippen molar-refractivity contribution in [2.24, 2.45) is 5.92 Å². The van der Waals surface area contributed by atoms with Gasteiger partial charge >= 0.3 is 0 Å². The lowest BCUT2D eigenvalue weighted by Crippen LogP contribution is -2.52. The van der Waals surface area contributed by atoms with Crippen LogP contribution < -0.4 is 16.0 Å². The first-order valence-corrected chi connectivity index (χ1v) is 12.1. The van der Waals surface area contributed by atoms with E-state index < -0.39 is 29.5 Å². The highest BCUT2D eigenvalue weighted by Gasteiger charge is 2.50. The fourth-order valence-electron chi connectivity index (χ4n) is 4.49. The quantitative estimate of drug-likeness (QED) is 0.358. The number of epoxide rings is 1. The van der Waals surface area contributed by atoms with E-state index in [1.54, 1.807) is 13.8 Å². The van der Waals surface area contributed by atoms with E-state index in [1.807, 2.05) is 4.90 Å². The number of Topliss-reactive ketones (excluding diaryl/α,β-unsaturated/α-hetero) is 1. The van der Waals surface area contributed by atoms with Gasteiger partial charge in [0.05, 0.1) is 39.0 Å². The lowest BCUT2D eigenvalue weighted by molar-refractivity contribution is -0.132. The minimum atomic E-state index is -0.810. The van der Waals surface area contributed by atoms with Crippen LogP contribution in [0.4, 0.5) is 0 Å². The molecule has 0 aromatic heterocycles. The average molecular weight is 467 g/mol. The minimum absolute atomic E-state index is 0.100. The maximum Gasteiger partial charge on any atom is 0.242 e. The summed E-state index contributed by atoms with van der Waals surface area (Å²) in [6.45, 7) is 6.19. The van der Waals surface area contributed by atoms with E-state index in [2.05, 4.69) is 16.0 Å². The van der Waals surface area contributed by atoms with Gasteiger partial charge in [0.1, 0.15) is 11.6 Å². The Balaban J connectivity index is 1.42. The number of amides is 3. The van der Waals surface area contributed by atoms with E-state index in [1.165, 1.54) is 6.42 Å². The van der Waals surface area contributed by atoms with E-state index in [0.29, 0.717) is 45.2 Å². The van der Waals surface area contributed by atoms with Crippen molar-refractivity contribution in [3.8, 4) is 0 Å². The predicted octanol–water partition coefficient (Wildman–Crippen LogP) is -0.247. The summed E-state index contributed by atoms with van der Waals surface area (Å²) in [5, 5.41) is 8.02. The third-order valence-corrected chi connectivity index (χ3v) is 6.71. The minimum Gasteiger partial charge on any atom is -0.379 e. The first-order chi connectivity index (χ1) is 15.8. The summed E-state index contributed by atoms with van der Waals surface area (Å²) in [6.07, 6.45) is 6.25. The number of hydrogen-bond acceptors (Lipinski definition) is 7. The number of ketones is 1. The van der Waals surface area contributed by atoms with Crippen LogP contribution in [-0.4, -0.2) is 92.1 Å². The lowest BCUT2D eigenvalue weighted by atomic mass is 9.82. The summed E-state index contributed by atoms with van der Waals surface area (Å²) >= 11 is 0. The Kier molecular flexibility index (Phi) is 9.22. The van der Waals surface area contributed by atoms with Crippen molar-refractivity contribution in [3.63, 3.8) is 0 Å². The monoisotopic (exact) mass is 466 g/mol. The van der Waals surface area contributed by atoms with Crippen LogP contribution in [0.25, 0.3) is 0 Å². The van der Waals surface area contributed by atoms with Gasteiger partial charge in [-0.25, -0.2) is 0 Å². The Hall–Kier alpha value is -2.04. The molecule has 1 aliphatic carbocycles. The van der Waals surface area contributed by atoms with Crippen molar-refractivity contribution in [3.05, 3.63) is 0 Å². The zero-order valence-electron chi connectivity index (χ0n) is 19.8. The third-order valence-electron chi connectivity index (χ3n) is 6.71. The molecule has 0 radical (unpaired) electrons. The van der Waals surface area contributed by atoms with Crippen LogP contribution in [0.15, 0.2) is 0 Å². The number of carbonyl (C=O) groups excluding carboxylic acids is 4.